The molecule has 0 saturated carbocycles. The summed E-state index contributed by atoms with van der Waals surface area (Å²) in [6.45, 7) is 4.70. The average Bonchev–Trinajstić information content (AvgIpc) is 2.85. The van der Waals surface area contributed by atoms with E-state index in [1.54, 1.807) is 54.6 Å². The molecule has 3 aromatic rings. The lowest BCUT2D eigenvalue weighted by Gasteiger charge is -2.28. The molecule has 9 heteroatoms. The molecule has 2 aromatic carbocycles. The van der Waals surface area contributed by atoms with E-state index in [1.165, 1.54) is 16.9 Å². The molecule has 0 spiro atoms. The fourth-order valence-electron chi connectivity index (χ4n) is 3.51. The third-order valence-corrected chi connectivity index (χ3v) is 7.36. The summed E-state index contributed by atoms with van der Waals surface area (Å²) in [5.41, 5.74) is 3.03. The molecule has 7 nitrogen and oxygen atoms in total. The maximum atomic E-state index is 12.7. The summed E-state index contributed by atoms with van der Waals surface area (Å²) in [6, 6.07) is 16.8. The third kappa shape index (κ3) is 6.59. The van der Waals surface area contributed by atoms with E-state index in [-0.39, 0.29) is 11.7 Å². The molecular weight excluding hydrogens is 484 g/mol. The number of halogens is 1. The maximum Gasteiger partial charge on any atom is 0.255 e. The second-order valence-corrected chi connectivity index (χ2v) is 10.5. The van der Waals surface area contributed by atoms with Crippen molar-refractivity contribution in [1.82, 2.24) is 4.98 Å². The SMILES string of the molecule is CCC.N#Cc1ccnc(-c2cc(NC(=O)c3ccc(N4CCCCS4(=O)=O)cc3)ccc2Cl)c1. The van der Waals surface area contributed by atoms with Crippen molar-refractivity contribution in [2.24, 2.45) is 0 Å². The Morgan fingerprint density at radius 3 is 2.49 bits per heavy atom. The van der Waals surface area contributed by atoms with Crippen LogP contribution in [-0.2, 0) is 10.0 Å². The average molecular weight is 511 g/mol. The summed E-state index contributed by atoms with van der Waals surface area (Å²) in [5, 5.41) is 12.4. The van der Waals surface area contributed by atoms with Crippen LogP contribution in [0.3, 0.4) is 0 Å². The zero-order valence-corrected chi connectivity index (χ0v) is 21.2. The van der Waals surface area contributed by atoms with Crippen molar-refractivity contribution in [2.75, 3.05) is 21.9 Å². The van der Waals surface area contributed by atoms with Gasteiger partial charge in [-0.1, -0.05) is 31.9 Å². The molecule has 1 fully saturated rings. The monoisotopic (exact) mass is 510 g/mol. The Morgan fingerprint density at radius 1 is 1.11 bits per heavy atom. The number of aromatic nitrogens is 1. The first-order chi connectivity index (χ1) is 16.8. The number of benzene rings is 2. The van der Waals surface area contributed by atoms with E-state index in [0.717, 1.165) is 6.42 Å². The molecule has 0 radical (unpaired) electrons. The zero-order chi connectivity index (χ0) is 25.4. The summed E-state index contributed by atoms with van der Waals surface area (Å²) in [5.74, 6) is -0.203. The van der Waals surface area contributed by atoms with Gasteiger partial charge in [-0.2, -0.15) is 5.26 Å². The van der Waals surface area contributed by atoms with Gasteiger partial charge in [-0.25, -0.2) is 8.42 Å². The van der Waals surface area contributed by atoms with Crippen LogP contribution in [0, 0.1) is 11.3 Å². The number of hydrogen-bond acceptors (Lipinski definition) is 5. The van der Waals surface area contributed by atoms with E-state index < -0.39 is 10.0 Å². The first-order valence-corrected chi connectivity index (χ1v) is 13.4. The third-order valence-electron chi connectivity index (χ3n) is 5.16. The first kappa shape index (κ1) is 26.2. The molecule has 2 heterocycles. The predicted octanol–water partition coefficient (Wildman–Crippen LogP) is 5.87. The van der Waals surface area contributed by atoms with Gasteiger partial charge in [0, 0.05) is 29.6 Å². The van der Waals surface area contributed by atoms with E-state index in [1.807, 2.05) is 0 Å². The Hall–Kier alpha value is -3.41. The molecule has 1 amide bonds. The second kappa shape index (κ2) is 11.8. The van der Waals surface area contributed by atoms with Gasteiger partial charge in [-0.3, -0.25) is 14.1 Å². The Morgan fingerprint density at radius 2 is 1.83 bits per heavy atom. The highest BCUT2D eigenvalue weighted by Gasteiger charge is 2.26. The molecule has 35 heavy (non-hydrogen) atoms. The summed E-state index contributed by atoms with van der Waals surface area (Å²) in [7, 11) is -3.30. The summed E-state index contributed by atoms with van der Waals surface area (Å²) >= 11 is 6.30. The molecule has 0 unspecified atom stereocenters. The van der Waals surface area contributed by atoms with Crippen LogP contribution in [0.1, 0.15) is 49.0 Å². The second-order valence-electron chi connectivity index (χ2n) is 8.04. The summed E-state index contributed by atoms with van der Waals surface area (Å²) in [6.07, 6.45) is 4.25. The fourth-order valence-corrected chi connectivity index (χ4v) is 5.36. The molecule has 1 aromatic heterocycles. The molecule has 1 aliphatic rings. The largest absolute Gasteiger partial charge is 0.322 e. The van der Waals surface area contributed by atoms with Crippen LogP contribution in [0.15, 0.2) is 60.8 Å². The standard InChI is InChI=1S/C23H19ClN4O3S.C3H8/c24-21-8-5-18(14-20(21)22-13-16(15-25)9-10-26-22)27-23(29)17-3-6-19(7-4-17)28-11-1-2-12-32(28,30)31;1-3-2/h3-10,13-14H,1-2,11-12H2,(H,27,29);3H2,1-2H3. The van der Waals surface area contributed by atoms with Crippen molar-refractivity contribution in [3.63, 3.8) is 0 Å². The minimum Gasteiger partial charge on any atom is -0.322 e. The van der Waals surface area contributed by atoms with E-state index in [9.17, 15) is 13.2 Å². The van der Waals surface area contributed by atoms with Crippen molar-refractivity contribution in [2.45, 2.75) is 33.1 Å². The predicted molar refractivity (Wildman–Crippen MR) is 140 cm³/mol. The van der Waals surface area contributed by atoms with Gasteiger partial charge in [0.15, 0.2) is 0 Å². The number of carbonyl (C=O) groups is 1. The van der Waals surface area contributed by atoms with Crippen LogP contribution < -0.4 is 9.62 Å². The Labute approximate surface area is 211 Å². The van der Waals surface area contributed by atoms with E-state index >= 15 is 0 Å². The quantitative estimate of drug-likeness (QED) is 0.472. The lowest BCUT2D eigenvalue weighted by Crippen LogP contribution is -2.37. The van der Waals surface area contributed by atoms with Gasteiger partial charge in [0.2, 0.25) is 10.0 Å². The fraction of sp³-hybridized carbons (Fsp3) is 0.269. The van der Waals surface area contributed by atoms with Crippen molar-refractivity contribution >= 4 is 38.9 Å². The zero-order valence-electron chi connectivity index (χ0n) is 19.7. The van der Waals surface area contributed by atoms with Gasteiger partial charge < -0.3 is 5.32 Å². The minimum atomic E-state index is -3.30. The topological polar surface area (TPSA) is 103 Å². The van der Waals surface area contributed by atoms with Crippen molar-refractivity contribution < 1.29 is 13.2 Å². The van der Waals surface area contributed by atoms with Crippen molar-refractivity contribution in [1.29, 1.82) is 5.26 Å². The number of nitrogens with one attached hydrogen (secondary N) is 1. The van der Waals surface area contributed by atoms with E-state index in [2.05, 4.69) is 30.2 Å². The molecule has 1 N–H and O–H groups in total. The lowest BCUT2D eigenvalue weighted by molar-refractivity contribution is 0.102. The minimum absolute atomic E-state index is 0.139. The van der Waals surface area contributed by atoms with Crippen molar-refractivity contribution in [3.05, 3.63) is 76.9 Å². The van der Waals surface area contributed by atoms with Gasteiger partial charge in [-0.15, -0.1) is 0 Å². The van der Waals surface area contributed by atoms with Crippen LogP contribution in [0.2, 0.25) is 5.02 Å². The van der Waals surface area contributed by atoms with Crippen LogP contribution >= 0.6 is 11.6 Å². The molecule has 182 valence electrons. The molecule has 0 bridgehead atoms. The summed E-state index contributed by atoms with van der Waals surface area (Å²) in [4.78, 5) is 17.0. The smallest absolute Gasteiger partial charge is 0.255 e. The number of hydrogen-bond donors (Lipinski definition) is 1. The van der Waals surface area contributed by atoms with Crippen molar-refractivity contribution in [3.8, 4) is 17.3 Å². The van der Waals surface area contributed by atoms with E-state index in [4.69, 9.17) is 16.9 Å². The molecule has 4 rings (SSSR count). The van der Waals surface area contributed by atoms with Gasteiger partial charge in [-0.05, 0) is 67.4 Å². The molecule has 0 atom stereocenters. The van der Waals surface area contributed by atoms with Gasteiger partial charge in [0.05, 0.1) is 33.8 Å². The highest BCUT2D eigenvalue weighted by Crippen LogP contribution is 2.30. The molecule has 1 aliphatic heterocycles. The highest BCUT2D eigenvalue weighted by atomic mass is 35.5. The number of pyridine rings is 1. The Balaban J connectivity index is 0.00000108. The highest BCUT2D eigenvalue weighted by molar-refractivity contribution is 7.92. The number of anilines is 2. The van der Waals surface area contributed by atoms with Crippen LogP contribution in [-0.4, -0.2) is 31.6 Å². The number of rotatable bonds is 4. The van der Waals surface area contributed by atoms with Crippen LogP contribution in [0.25, 0.3) is 11.3 Å². The molecule has 0 aliphatic carbocycles. The number of carbonyl (C=O) groups excluding carboxylic acids is 1. The Bertz CT molecular complexity index is 1340. The van der Waals surface area contributed by atoms with Gasteiger partial charge in [0.1, 0.15) is 0 Å². The number of amides is 1. The first-order valence-electron chi connectivity index (χ1n) is 11.4. The van der Waals surface area contributed by atoms with Gasteiger partial charge >= 0.3 is 0 Å². The van der Waals surface area contributed by atoms with E-state index in [0.29, 0.717) is 51.7 Å². The summed E-state index contributed by atoms with van der Waals surface area (Å²) < 4.78 is 25.9. The maximum absolute atomic E-state index is 12.7. The van der Waals surface area contributed by atoms with Crippen LogP contribution in [0.4, 0.5) is 11.4 Å². The lowest BCUT2D eigenvalue weighted by atomic mass is 10.1. The number of nitrogens with zero attached hydrogens (tertiary/aromatic N) is 3. The number of nitriles is 1. The molecular formula is C26H27ClN4O3S. The molecule has 1 saturated heterocycles. The van der Waals surface area contributed by atoms with Crippen LogP contribution in [0.5, 0.6) is 0 Å². The van der Waals surface area contributed by atoms with Gasteiger partial charge in [0.25, 0.3) is 5.91 Å². The Kier molecular flexibility index (Phi) is 8.85. The number of sulfonamides is 1. The normalized spacial score (nSPS) is 14.3.